The maximum absolute atomic E-state index is 5.53. The Morgan fingerprint density at radius 2 is 1.08 bits per heavy atom. The van der Waals surface area contributed by atoms with Gasteiger partial charge in [0.25, 0.3) is 0 Å². The van der Waals surface area contributed by atoms with Crippen molar-refractivity contribution < 1.29 is 0 Å². The monoisotopic (exact) mass is 192 g/mol. The molecule has 0 heterocycles. The topological polar surface area (TPSA) is 0 Å². The Kier molecular flexibility index (Phi) is 11.6. The molecule has 76 valence electrons. The van der Waals surface area contributed by atoms with Crippen LogP contribution in [0, 0.1) is 0 Å². The molecular formula is C11H25Cl. The van der Waals surface area contributed by atoms with Gasteiger partial charge in [-0.1, -0.05) is 46.0 Å². The van der Waals surface area contributed by atoms with E-state index in [1.807, 2.05) is 20.8 Å². The summed E-state index contributed by atoms with van der Waals surface area (Å²) in [5, 5.41) is 0. The lowest BCUT2D eigenvalue weighted by Gasteiger charge is -2.01. The summed E-state index contributed by atoms with van der Waals surface area (Å²) in [5.41, 5.74) is 0. The van der Waals surface area contributed by atoms with Gasteiger partial charge in [-0.25, -0.2) is 0 Å². The Labute approximate surface area is 83.7 Å². The number of unbranched alkanes of at least 4 members (excludes halogenated alkanes) is 4. The van der Waals surface area contributed by atoms with Gasteiger partial charge < -0.3 is 0 Å². The van der Waals surface area contributed by atoms with Crippen LogP contribution in [0.1, 0.15) is 66.7 Å². The van der Waals surface area contributed by atoms with Gasteiger partial charge in [-0.15, -0.1) is 11.6 Å². The molecule has 0 bridgehead atoms. The molecule has 0 nitrogen and oxygen atoms in total. The molecule has 0 spiro atoms. The second-order valence-electron chi connectivity index (χ2n) is 4.13. The predicted molar refractivity (Wildman–Crippen MR) is 60.0 cm³/mol. The van der Waals surface area contributed by atoms with E-state index in [9.17, 15) is 0 Å². The highest BCUT2D eigenvalue weighted by atomic mass is 35.5. The summed E-state index contributed by atoms with van der Waals surface area (Å²) in [6.07, 6.45) is 7.01. The first-order valence-corrected chi connectivity index (χ1v) is 5.48. The molecule has 0 aromatic rings. The van der Waals surface area contributed by atoms with Crippen LogP contribution in [0.5, 0.6) is 0 Å². The summed E-state index contributed by atoms with van der Waals surface area (Å²) in [6.45, 7) is 10.4. The largest absolute Gasteiger partial charge is 0.120 e. The van der Waals surface area contributed by atoms with E-state index in [-0.39, 0.29) is 4.87 Å². The highest BCUT2D eigenvalue weighted by molar-refractivity contribution is 6.23. The van der Waals surface area contributed by atoms with Gasteiger partial charge in [-0.05, 0) is 20.8 Å². The zero-order chi connectivity index (χ0) is 10.0. The first kappa shape index (κ1) is 14.8. The fourth-order valence-corrected chi connectivity index (χ4v) is 0.677. The van der Waals surface area contributed by atoms with E-state index in [2.05, 4.69) is 13.8 Å². The molecule has 0 unspecified atom stereocenters. The normalized spacial score (nSPS) is 10.5. The zero-order valence-corrected chi connectivity index (χ0v) is 10.2. The molecule has 0 aliphatic rings. The Morgan fingerprint density at radius 3 is 1.25 bits per heavy atom. The van der Waals surface area contributed by atoms with Crippen LogP contribution in [0.4, 0.5) is 0 Å². The lowest BCUT2D eigenvalue weighted by molar-refractivity contribution is 0.656. The molecule has 0 N–H and O–H groups in total. The van der Waals surface area contributed by atoms with E-state index < -0.39 is 0 Å². The molecule has 0 amide bonds. The molecule has 0 saturated heterocycles. The summed E-state index contributed by atoms with van der Waals surface area (Å²) >= 11 is 5.53. The number of hydrogen-bond acceptors (Lipinski definition) is 0. The van der Waals surface area contributed by atoms with Gasteiger partial charge in [-0.2, -0.15) is 0 Å². The average Bonchev–Trinajstić information content (AvgIpc) is 1.85. The molecule has 0 aromatic heterocycles. The van der Waals surface area contributed by atoms with Crippen LogP contribution in [-0.4, -0.2) is 4.87 Å². The van der Waals surface area contributed by atoms with Gasteiger partial charge in [0, 0.05) is 4.87 Å². The maximum Gasteiger partial charge on any atom is 0.0362 e. The average molecular weight is 193 g/mol. The standard InChI is InChI=1S/C7H16.C4H9Cl/c1-3-5-7-6-4-2;1-4(2,3)5/h3-7H2,1-2H3;1-3H3. The highest BCUT2D eigenvalue weighted by Crippen LogP contribution is 2.08. The Bertz CT molecular complexity index is 61.6. The summed E-state index contributed by atoms with van der Waals surface area (Å²) in [6, 6.07) is 0. The molecule has 0 atom stereocenters. The van der Waals surface area contributed by atoms with E-state index in [0.717, 1.165) is 0 Å². The number of hydrogen-bond donors (Lipinski definition) is 0. The van der Waals surface area contributed by atoms with Crippen molar-refractivity contribution in [3.8, 4) is 0 Å². The first-order chi connectivity index (χ1) is 5.41. The fourth-order valence-electron chi connectivity index (χ4n) is 0.677. The van der Waals surface area contributed by atoms with Gasteiger partial charge in [0.1, 0.15) is 0 Å². The minimum atomic E-state index is -0.0278. The van der Waals surface area contributed by atoms with Crippen LogP contribution in [0.25, 0.3) is 0 Å². The summed E-state index contributed by atoms with van der Waals surface area (Å²) in [5.74, 6) is 0. The van der Waals surface area contributed by atoms with E-state index in [1.165, 1.54) is 32.1 Å². The van der Waals surface area contributed by atoms with E-state index in [4.69, 9.17) is 11.6 Å². The van der Waals surface area contributed by atoms with Gasteiger partial charge in [0.05, 0.1) is 0 Å². The summed E-state index contributed by atoms with van der Waals surface area (Å²) < 4.78 is 0. The molecule has 0 saturated carbocycles. The van der Waals surface area contributed by atoms with Crippen molar-refractivity contribution >= 4 is 11.6 Å². The van der Waals surface area contributed by atoms with Gasteiger partial charge >= 0.3 is 0 Å². The lowest BCUT2D eigenvalue weighted by Crippen LogP contribution is -1.99. The van der Waals surface area contributed by atoms with Crippen LogP contribution in [0.15, 0.2) is 0 Å². The third-order valence-electron chi connectivity index (χ3n) is 1.21. The first-order valence-electron chi connectivity index (χ1n) is 5.10. The van der Waals surface area contributed by atoms with Crippen LogP contribution in [-0.2, 0) is 0 Å². The molecule has 1 heteroatoms. The van der Waals surface area contributed by atoms with Gasteiger partial charge in [-0.3, -0.25) is 0 Å². The van der Waals surface area contributed by atoms with Crippen molar-refractivity contribution in [2.75, 3.05) is 0 Å². The SMILES string of the molecule is CC(C)(C)Cl.CCCCCCC. The molecule has 0 rings (SSSR count). The number of alkyl halides is 1. The molecule has 12 heavy (non-hydrogen) atoms. The number of rotatable bonds is 4. The Hall–Kier alpha value is 0.290. The second kappa shape index (κ2) is 9.38. The minimum absolute atomic E-state index is 0.0278. The molecule has 0 aliphatic carbocycles. The van der Waals surface area contributed by atoms with Crippen molar-refractivity contribution in [2.24, 2.45) is 0 Å². The van der Waals surface area contributed by atoms with Crippen molar-refractivity contribution in [1.29, 1.82) is 0 Å². The van der Waals surface area contributed by atoms with Crippen molar-refractivity contribution in [3.05, 3.63) is 0 Å². The van der Waals surface area contributed by atoms with Gasteiger partial charge in [0.2, 0.25) is 0 Å². The van der Waals surface area contributed by atoms with Crippen LogP contribution >= 0.6 is 11.6 Å². The van der Waals surface area contributed by atoms with E-state index >= 15 is 0 Å². The quantitative estimate of drug-likeness (QED) is 0.435. The van der Waals surface area contributed by atoms with E-state index in [0.29, 0.717) is 0 Å². The molecule has 0 fully saturated rings. The molecule has 0 aliphatic heterocycles. The summed E-state index contributed by atoms with van der Waals surface area (Å²) in [4.78, 5) is -0.0278. The van der Waals surface area contributed by atoms with Crippen molar-refractivity contribution in [1.82, 2.24) is 0 Å². The van der Waals surface area contributed by atoms with Crippen LogP contribution in [0.2, 0.25) is 0 Å². The van der Waals surface area contributed by atoms with Crippen molar-refractivity contribution in [2.45, 2.75) is 71.6 Å². The maximum atomic E-state index is 5.53. The lowest BCUT2D eigenvalue weighted by atomic mass is 10.2. The molecule has 0 aromatic carbocycles. The van der Waals surface area contributed by atoms with E-state index in [1.54, 1.807) is 0 Å². The smallest absolute Gasteiger partial charge is 0.0362 e. The molecule has 0 radical (unpaired) electrons. The Balaban J connectivity index is 0. The zero-order valence-electron chi connectivity index (χ0n) is 9.41. The highest BCUT2D eigenvalue weighted by Gasteiger charge is 1.99. The Morgan fingerprint density at radius 1 is 0.833 bits per heavy atom. The number of halogens is 1. The van der Waals surface area contributed by atoms with Crippen LogP contribution < -0.4 is 0 Å². The third-order valence-corrected chi connectivity index (χ3v) is 1.21. The summed E-state index contributed by atoms with van der Waals surface area (Å²) in [7, 11) is 0. The van der Waals surface area contributed by atoms with Gasteiger partial charge in [0.15, 0.2) is 0 Å². The van der Waals surface area contributed by atoms with Crippen molar-refractivity contribution in [3.63, 3.8) is 0 Å². The second-order valence-corrected chi connectivity index (χ2v) is 5.26. The fraction of sp³-hybridized carbons (Fsp3) is 1.00. The third kappa shape index (κ3) is 48.3. The van der Waals surface area contributed by atoms with Crippen LogP contribution in [0.3, 0.4) is 0 Å². The minimum Gasteiger partial charge on any atom is -0.120 e. The predicted octanol–water partition coefficient (Wildman–Crippen LogP) is 5.00. The molecular weight excluding hydrogens is 168 g/mol.